The standard InChI is InChI=1S/C16H21N3O4/c1-3-9-17-14(21)12-7-5-6-8-13(12)19-16(23)15(22)18-11(4-2)10-20/h3,5-8,11,20H,1,4,9-10H2,2H3,(H,17,21)(H,18,22)(H,19,23)/t11-/m0/s1. The number of carbonyl (C=O) groups excluding carboxylic acids is 3. The highest BCUT2D eigenvalue weighted by molar-refractivity contribution is 6.40. The molecule has 23 heavy (non-hydrogen) atoms. The summed E-state index contributed by atoms with van der Waals surface area (Å²) in [6.07, 6.45) is 2.03. The van der Waals surface area contributed by atoms with Crippen molar-refractivity contribution in [3.63, 3.8) is 0 Å². The molecular weight excluding hydrogens is 298 g/mol. The molecule has 1 rings (SSSR count). The lowest BCUT2D eigenvalue weighted by Gasteiger charge is -2.14. The van der Waals surface area contributed by atoms with Crippen LogP contribution < -0.4 is 16.0 Å². The van der Waals surface area contributed by atoms with Gasteiger partial charge in [0.15, 0.2) is 0 Å². The van der Waals surface area contributed by atoms with Gasteiger partial charge in [-0.05, 0) is 18.6 Å². The molecule has 0 saturated carbocycles. The Morgan fingerprint density at radius 3 is 2.57 bits per heavy atom. The number of rotatable bonds is 7. The maximum atomic E-state index is 12.0. The van der Waals surface area contributed by atoms with Crippen molar-refractivity contribution in [2.45, 2.75) is 19.4 Å². The number of carbonyl (C=O) groups is 3. The van der Waals surface area contributed by atoms with Crippen LogP contribution in [0, 0.1) is 0 Å². The van der Waals surface area contributed by atoms with E-state index in [1.54, 1.807) is 19.1 Å². The summed E-state index contributed by atoms with van der Waals surface area (Å²) in [7, 11) is 0. The van der Waals surface area contributed by atoms with Crippen LogP contribution in [0.5, 0.6) is 0 Å². The molecule has 0 aromatic heterocycles. The average molecular weight is 319 g/mol. The summed E-state index contributed by atoms with van der Waals surface area (Å²) in [6.45, 7) is 5.32. The average Bonchev–Trinajstić information content (AvgIpc) is 2.57. The molecule has 3 amide bonds. The number of anilines is 1. The van der Waals surface area contributed by atoms with Crippen LogP contribution in [0.4, 0.5) is 5.69 Å². The van der Waals surface area contributed by atoms with E-state index in [1.807, 2.05) is 0 Å². The van der Waals surface area contributed by atoms with E-state index < -0.39 is 17.9 Å². The number of aliphatic hydroxyl groups excluding tert-OH is 1. The normalized spacial score (nSPS) is 11.2. The molecule has 0 aliphatic carbocycles. The zero-order valence-corrected chi connectivity index (χ0v) is 13.0. The minimum Gasteiger partial charge on any atom is -0.394 e. The van der Waals surface area contributed by atoms with E-state index in [-0.39, 0.29) is 30.3 Å². The second-order valence-corrected chi connectivity index (χ2v) is 4.76. The molecule has 4 N–H and O–H groups in total. The number of hydrogen-bond acceptors (Lipinski definition) is 4. The summed E-state index contributed by atoms with van der Waals surface area (Å²) < 4.78 is 0. The quantitative estimate of drug-likeness (QED) is 0.432. The number of hydrogen-bond donors (Lipinski definition) is 4. The van der Waals surface area contributed by atoms with Gasteiger partial charge in [0.1, 0.15) is 0 Å². The molecule has 0 aliphatic rings. The van der Waals surface area contributed by atoms with E-state index >= 15 is 0 Å². The number of benzene rings is 1. The highest BCUT2D eigenvalue weighted by atomic mass is 16.3. The molecule has 7 heteroatoms. The summed E-state index contributed by atoms with van der Waals surface area (Å²) >= 11 is 0. The largest absolute Gasteiger partial charge is 0.394 e. The Kier molecular flexibility index (Phi) is 7.49. The number of aliphatic hydroxyl groups is 1. The van der Waals surface area contributed by atoms with Crippen LogP contribution in [0.1, 0.15) is 23.7 Å². The van der Waals surface area contributed by atoms with Gasteiger partial charge in [0, 0.05) is 6.54 Å². The van der Waals surface area contributed by atoms with E-state index in [1.165, 1.54) is 18.2 Å². The molecule has 124 valence electrons. The Morgan fingerprint density at radius 1 is 1.26 bits per heavy atom. The van der Waals surface area contributed by atoms with Crippen LogP contribution >= 0.6 is 0 Å². The van der Waals surface area contributed by atoms with Crippen molar-refractivity contribution >= 4 is 23.4 Å². The molecular formula is C16H21N3O4. The second kappa shape index (κ2) is 9.37. The monoisotopic (exact) mass is 319 g/mol. The first-order valence-corrected chi connectivity index (χ1v) is 7.24. The van der Waals surface area contributed by atoms with Gasteiger partial charge < -0.3 is 21.1 Å². The molecule has 1 aromatic carbocycles. The molecule has 1 atom stereocenters. The Bertz CT molecular complexity index is 582. The first-order chi connectivity index (χ1) is 11.0. The molecule has 0 spiro atoms. The van der Waals surface area contributed by atoms with Gasteiger partial charge in [0.05, 0.1) is 23.9 Å². The fourth-order valence-electron chi connectivity index (χ4n) is 1.76. The van der Waals surface area contributed by atoms with Crippen molar-refractivity contribution in [2.75, 3.05) is 18.5 Å². The van der Waals surface area contributed by atoms with Crippen LogP contribution in [-0.4, -0.2) is 42.0 Å². The third-order valence-electron chi connectivity index (χ3n) is 3.08. The van der Waals surface area contributed by atoms with Gasteiger partial charge in [0.2, 0.25) is 0 Å². The lowest BCUT2D eigenvalue weighted by Crippen LogP contribution is -2.43. The fraction of sp³-hybridized carbons (Fsp3) is 0.312. The predicted octanol–water partition coefficient (Wildman–Crippen LogP) is 0.428. The lowest BCUT2D eigenvalue weighted by atomic mass is 10.1. The van der Waals surface area contributed by atoms with E-state index in [0.717, 1.165) is 0 Å². The highest BCUT2D eigenvalue weighted by Crippen LogP contribution is 2.14. The van der Waals surface area contributed by atoms with Crippen LogP contribution in [0.3, 0.4) is 0 Å². The minimum absolute atomic E-state index is 0.228. The third kappa shape index (κ3) is 5.55. The van der Waals surface area contributed by atoms with E-state index in [4.69, 9.17) is 5.11 Å². The topological polar surface area (TPSA) is 108 Å². The van der Waals surface area contributed by atoms with Crippen LogP contribution in [0.25, 0.3) is 0 Å². The minimum atomic E-state index is -0.902. The fourth-order valence-corrected chi connectivity index (χ4v) is 1.76. The smallest absolute Gasteiger partial charge is 0.313 e. The summed E-state index contributed by atoms with van der Waals surface area (Å²) in [5.74, 6) is -2.16. The van der Waals surface area contributed by atoms with Crippen molar-refractivity contribution in [2.24, 2.45) is 0 Å². The number of para-hydroxylation sites is 1. The van der Waals surface area contributed by atoms with Crippen molar-refractivity contribution in [1.82, 2.24) is 10.6 Å². The van der Waals surface area contributed by atoms with E-state index in [9.17, 15) is 14.4 Å². The lowest BCUT2D eigenvalue weighted by molar-refractivity contribution is -0.136. The van der Waals surface area contributed by atoms with Gasteiger partial charge >= 0.3 is 11.8 Å². The van der Waals surface area contributed by atoms with E-state index in [2.05, 4.69) is 22.5 Å². The van der Waals surface area contributed by atoms with Crippen molar-refractivity contribution in [1.29, 1.82) is 0 Å². The Morgan fingerprint density at radius 2 is 1.96 bits per heavy atom. The van der Waals surface area contributed by atoms with Gasteiger partial charge in [-0.2, -0.15) is 0 Å². The molecule has 7 nitrogen and oxygen atoms in total. The summed E-state index contributed by atoms with van der Waals surface area (Å²) in [5.41, 5.74) is 0.468. The molecule has 0 radical (unpaired) electrons. The summed E-state index contributed by atoms with van der Waals surface area (Å²) in [5, 5.41) is 16.4. The Balaban J connectivity index is 2.80. The second-order valence-electron chi connectivity index (χ2n) is 4.76. The van der Waals surface area contributed by atoms with Crippen LogP contribution in [0.15, 0.2) is 36.9 Å². The van der Waals surface area contributed by atoms with Crippen molar-refractivity contribution in [3.8, 4) is 0 Å². The molecule has 0 fully saturated rings. The number of nitrogens with one attached hydrogen (secondary N) is 3. The van der Waals surface area contributed by atoms with Gasteiger partial charge in [0.25, 0.3) is 5.91 Å². The van der Waals surface area contributed by atoms with Crippen LogP contribution in [0.2, 0.25) is 0 Å². The first-order valence-electron chi connectivity index (χ1n) is 7.24. The van der Waals surface area contributed by atoms with Crippen molar-refractivity contribution in [3.05, 3.63) is 42.5 Å². The Labute approximate surface area is 134 Å². The molecule has 0 heterocycles. The summed E-state index contributed by atoms with van der Waals surface area (Å²) in [4.78, 5) is 35.7. The zero-order chi connectivity index (χ0) is 17.2. The first kappa shape index (κ1) is 18.4. The van der Waals surface area contributed by atoms with Crippen molar-refractivity contribution < 1.29 is 19.5 Å². The van der Waals surface area contributed by atoms with Gasteiger partial charge in [-0.15, -0.1) is 6.58 Å². The molecule has 0 unspecified atom stereocenters. The number of amides is 3. The molecule has 0 bridgehead atoms. The van der Waals surface area contributed by atoms with Gasteiger partial charge in [-0.1, -0.05) is 25.1 Å². The highest BCUT2D eigenvalue weighted by Gasteiger charge is 2.19. The predicted molar refractivity (Wildman–Crippen MR) is 86.9 cm³/mol. The van der Waals surface area contributed by atoms with Gasteiger partial charge in [-0.3, -0.25) is 14.4 Å². The SMILES string of the molecule is C=CCNC(=O)c1ccccc1NC(=O)C(=O)N[C@@H](CC)CO. The van der Waals surface area contributed by atoms with Gasteiger partial charge in [-0.25, -0.2) is 0 Å². The zero-order valence-electron chi connectivity index (χ0n) is 13.0. The van der Waals surface area contributed by atoms with Crippen LogP contribution in [-0.2, 0) is 9.59 Å². The van der Waals surface area contributed by atoms with E-state index in [0.29, 0.717) is 6.42 Å². The molecule has 0 saturated heterocycles. The Hall–Kier alpha value is -2.67. The maximum absolute atomic E-state index is 12.0. The molecule has 0 aliphatic heterocycles. The summed E-state index contributed by atoms with van der Waals surface area (Å²) in [6, 6.07) is 5.86. The maximum Gasteiger partial charge on any atom is 0.313 e. The molecule has 1 aromatic rings. The third-order valence-corrected chi connectivity index (χ3v) is 3.08.